The highest BCUT2D eigenvalue weighted by molar-refractivity contribution is 6.13. The van der Waals surface area contributed by atoms with Crippen LogP contribution in [0, 0.1) is 34.6 Å². The first-order valence-electron chi connectivity index (χ1n) is 49.4. The summed E-state index contributed by atoms with van der Waals surface area (Å²) in [6.45, 7) is 4.79. The van der Waals surface area contributed by atoms with Crippen LogP contribution in [0.25, 0.3) is 166 Å². The maximum atomic E-state index is 8.45. The Labute approximate surface area is 728 Å². The molecular weight excluding hydrogens is 1480 g/mol. The third-order valence-corrected chi connectivity index (χ3v) is 22.3. The Morgan fingerprint density at radius 1 is 0.292 bits per heavy atom. The van der Waals surface area contributed by atoms with Gasteiger partial charge < -0.3 is 22.1 Å². The summed E-state index contributed by atoms with van der Waals surface area (Å²) in [6, 6.07) is 52.6. The Morgan fingerprint density at radius 2 is 0.667 bits per heavy atom. The van der Waals surface area contributed by atoms with Crippen LogP contribution in [0.2, 0.25) is 0 Å². The number of fused-ring (bicyclic) bond motifs is 15. The van der Waals surface area contributed by atoms with E-state index in [1.165, 1.54) is 34.6 Å². The van der Waals surface area contributed by atoms with E-state index in [0.29, 0.717) is 55.9 Å². The Kier molecular flexibility index (Phi) is 16.4. The van der Waals surface area contributed by atoms with E-state index >= 15 is 0 Å². The van der Waals surface area contributed by atoms with E-state index in [2.05, 4.69) is 24.9 Å². The fourth-order valence-corrected chi connectivity index (χ4v) is 15.7. The van der Waals surface area contributed by atoms with Crippen LogP contribution in [-0.2, 0) is 35.2 Å². The summed E-state index contributed by atoms with van der Waals surface area (Å²) in [4.78, 5) is 21.8. The normalized spacial score (nSPS) is 17.1. The van der Waals surface area contributed by atoms with Crippen molar-refractivity contribution in [3.8, 4) is 56.3 Å². The van der Waals surface area contributed by atoms with Crippen molar-refractivity contribution < 1.29 is 72.3 Å². The lowest BCUT2D eigenvalue weighted by Crippen LogP contribution is -2.31. The second-order valence-corrected chi connectivity index (χ2v) is 30.6. The van der Waals surface area contributed by atoms with Crippen molar-refractivity contribution >= 4 is 110 Å². The maximum Gasteiger partial charge on any atom is 0.227 e. The van der Waals surface area contributed by atoms with Crippen molar-refractivity contribution in [2.24, 2.45) is 35.2 Å². The molecule has 15 aromatic heterocycles. The summed E-state index contributed by atoms with van der Waals surface area (Å²) in [5.41, 5.74) is 23.0. The van der Waals surface area contributed by atoms with Gasteiger partial charge in [0.25, 0.3) is 0 Å². The number of hydrogen-bond acceptors (Lipinski definition) is 10. The number of para-hydroxylation sites is 2. The van der Waals surface area contributed by atoms with Crippen LogP contribution < -0.4 is 22.8 Å². The van der Waals surface area contributed by atoms with Gasteiger partial charge in [-0.3, -0.25) is 19.9 Å². The minimum Gasteiger partial charge on any atom is -0.455 e. The summed E-state index contributed by atoms with van der Waals surface area (Å²) in [5.74, 6) is -8.58. The van der Waals surface area contributed by atoms with Crippen LogP contribution in [0.4, 0.5) is 0 Å². The molecule has 0 saturated carbocycles. The molecule has 5 aromatic carbocycles. The largest absolute Gasteiger partial charge is 0.455 e. The molecule has 15 heteroatoms. The summed E-state index contributed by atoms with van der Waals surface area (Å²) in [6.07, 6.45) is 21.2. The van der Waals surface area contributed by atoms with Crippen LogP contribution >= 0.6 is 0 Å². The molecule has 0 aliphatic heterocycles. The van der Waals surface area contributed by atoms with Gasteiger partial charge in [0.15, 0.2) is 53.3 Å². The molecule has 20 rings (SSSR count). The van der Waals surface area contributed by atoms with Gasteiger partial charge in [-0.25, -0.2) is 27.8 Å². The molecule has 120 heavy (non-hydrogen) atoms. The zero-order valence-corrected chi connectivity index (χ0v) is 69.6. The lowest BCUT2D eigenvalue weighted by Gasteiger charge is -2.09. The zero-order valence-electron chi connectivity index (χ0n) is 89.6. The Balaban J connectivity index is 0.000000126. The molecule has 0 spiro atoms. The van der Waals surface area contributed by atoms with Crippen molar-refractivity contribution in [1.82, 2.24) is 24.9 Å². The second-order valence-electron chi connectivity index (χ2n) is 30.6. The maximum absolute atomic E-state index is 8.45. The number of nitrogens with zero attached hydrogens (tertiary/aromatic N) is 10. The molecule has 0 bridgehead atoms. The molecule has 0 saturated heterocycles. The van der Waals surface area contributed by atoms with Gasteiger partial charge in [0.2, 0.25) is 34.2 Å². The van der Waals surface area contributed by atoms with E-state index in [1.807, 2.05) is 202 Å². The number of aromatic nitrogens is 10. The van der Waals surface area contributed by atoms with E-state index in [4.69, 9.17) is 49.5 Å². The molecule has 0 radical (unpaired) electrons. The minimum atomic E-state index is -2.44. The smallest absolute Gasteiger partial charge is 0.227 e. The van der Waals surface area contributed by atoms with Crippen LogP contribution in [-0.4, -0.2) is 24.9 Å². The highest BCUT2D eigenvalue weighted by Crippen LogP contribution is 2.43. The topological polar surface area (TPSA) is 150 Å². The molecule has 20 aromatic rings. The van der Waals surface area contributed by atoms with Crippen LogP contribution in [0.15, 0.2) is 266 Å². The molecule has 15 heterocycles. The van der Waals surface area contributed by atoms with Gasteiger partial charge in [-0.1, -0.05) is 136 Å². The predicted octanol–water partition coefficient (Wildman–Crippen LogP) is 24.5. The third kappa shape index (κ3) is 15.2. The van der Waals surface area contributed by atoms with E-state index in [-0.39, 0.29) is 0 Å². The molecule has 5 atom stereocenters. The van der Waals surface area contributed by atoms with E-state index < -0.39 is 63.7 Å². The quantitative estimate of drug-likeness (QED) is 0.121. The average Bonchev–Trinajstić information content (AvgIpc) is 1.61. The molecule has 0 aliphatic carbocycles. The molecular formula is C105H105N10O5+5. The highest BCUT2D eigenvalue weighted by atomic mass is 16.3. The van der Waals surface area contributed by atoms with Gasteiger partial charge in [0.1, 0.15) is 74.2 Å². The number of furan rings is 5. The minimum absolute atomic E-state index is 0.424. The SMILES string of the molecule is [2H]C([2H])([2H])C([2H])(C)c1cc[n+](C)c(-c2c(C)ccc3c2oc2ccncc23)c1.[2H]C([2H])([2H])C([2H])(C)c1cc[n+](C)c(-c2c(C)ccc3c2oc2cnccc23)c1.[2H]C([2H])([2H])C([2H])(C)c1cc[n+](C)c(-c2c(C)ccc3c2oc2ncccc23)c1.[2H]C([2H])([2H])C([2H])(C)c1cc[n+](C)c(-c2c(C)cnc3c2oc2ccccc23)c1.[2H]C([2H])([2H])C([2H])(C)c1cc[n+](C)c(-c2c(C)ncc3c2oc2ccccc23)c1. The standard InChI is InChI=1S/5C21H21N2O/c1-13(2)15-8-10-23(4)18(11-15)20-14(3)5-6-17-16-7-9-22-12-19(16)24-21(17)20;1-13(2)15-8-10-23(4)18(11-15)20-14(3)5-6-16-17-12-22-9-7-19(17)24-21(16)20;1-13(2)15-9-11-23(4)18(12-15)19-14(3)7-8-16-17-6-5-10-22-21(17)24-20(16)19;1-13(2)15-9-10-23(4)18(11-15)20-14(3)22-12-17-16-7-5-6-8-19(16)24-21(17)20;1-13(2)15-9-10-23(4)17(11-15)19-14(3)12-22-20-16-7-5-6-8-18(16)24-21(19)20/h5*5-13H,1-4H3/q5*+1/i5*1D3,13D. The van der Waals surface area contributed by atoms with Crippen LogP contribution in [0.1, 0.15) is 182 Å². The number of pyridine rings is 10. The molecule has 15 nitrogen and oxygen atoms in total. The average molecular weight is 1610 g/mol. The van der Waals surface area contributed by atoms with Crippen LogP contribution in [0.5, 0.6) is 0 Å². The van der Waals surface area contributed by atoms with Crippen molar-refractivity contribution in [3.63, 3.8) is 0 Å². The summed E-state index contributed by atoms with van der Waals surface area (Å²) in [7, 11) is 9.48. The predicted molar refractivity (Wildman–Crippen MR) is 485 cm³/mol. The van der Waals surface area contributed by atoms with Gasteiger partial charge in [-0.05, 0) is 157 Å². The highest BCUT2D eigenvalue weighted by Gasteiger charge is 2.29. The first kappa shape index (κ1) is 59.3. The number of benzene rings is 5. The molecule has 5 unspecified atom stereocenters. The fourth-order valence-electron chi connectivity index (χ4n) is 15.7. The number of aryl methyl sites for hydroxylation is 10. The Morgan fingerprint density at radius 3 is 1.17 bits per heavy atom. The molecule has 0 amide bonds. The fraction of sp³-hybridized carbons (Fsp3) is 0.238. The first-order chi connectivity index (χ1) is 65.5. The number of rotatable bonds is 10. The van der Waals surface area contributed by atoms with Gasteiger partial charge in [-0.2, -0.15) is 0 Å². The van der Waals surface area contributed by atoms with E-state index in [1.54, 1.807) is 135 Å². The van der Waals surface area contributed by atoms with Crippen molar-refractivity contribution in [2.75, 3.05) is 0 Å². The summed E-state index contributed by atoms with van der Waals surface area (Å²) in [5, 5.41) is 8.58. The molecule has 0 fully saturated rings. The summed E-state index contributed by atoms with van der Waals surface area (Å²) < 4.78 is 199. The van der Waals surface area contributed by atoms with Crippen LogP contribution in [0.3, 0.4) is 0 Å². The van der Waals surface area contributed by atoms with Gasteiger partial charge in [0, 0.05) is 174 Å². The summed E-state index contributed by atoms with van der Waals surface area (Å²) >= 11 is 0. The van der Waals surface area contributed by atoms with Crippen molar-refractivity contribution in [2.45, 2.75) is 133 Å². The lowest BCUT2D eigenvalue weighted by molar-refractivity contribution is -0.660. The second kappa shape index (κ2) is 33.2. The van der Waals surface area contributed by atoms with Crippen molar-refractivity contribution in [1.29, 1.82) is 0 Å². The van der Waals surface area contributed by atoms with E-state index in [0.717, 1.165) is 166 Å². The van der Waals surface area contributed by atoms with Gasteiger partial charge in [0.05, 0.1) is 34.1 Å². The zero-order chi connectivity index (χ0) is 101. The van der Waals surface area contributed by atoms with Gasteiger partial charge >= 0.3 is 0 Å². The Hall–Kier alpha value is -13.4. The third-order valence-electron chi connectivity index (χ3n) is 22.3. The van der Waals surface area contributed by atoms with E-state index in [9.17, 15) is 0 Å². The molecule has 600 valence electrons. The lowest BCUT2D eigenvalue weighted by atomic mass is 9.97. The first-order valence-corrected chi connectivity index (χ1v) is 39.4. The Bertz CT molecular complexity index is 7150. The van der Waals surface area contributed by atoms with Crippen molar-refractivity contribution in [3.05, 3.63) is 300 Å². The number of hydrogen-bond donors (Lipinski definition) is 0. The monoisotopic (exact) mass is 1610 g/mol. The molecule has 0 aliphatic rings. The van der Waals surface area contributed by atoms with Gasteiger partial charge in [-0.15, -0.1) is 0 Å². The molecule has 0 N–H and O–H groups in total.